The van der Waals surface area contributed by atoms with E-state index in [2.05, 4.69) is 28.8 Å². The number of rotatable bonds is 4. The van der Waals surface area contributed by atoms with Crippen LogP contribution in [0.25, 0.3) is 11.1 Å². The SMILES string of the molecule is CC1(C)CCc2ccc(-c3ccccc3OC(F)(F)F)cc2C1NC(=O)O[C@@H]1CN2CCC1CC2. The summed E-state index contributed by atoms with van der Waals surface area (Å²) >= 11 is 0. The van der Waals surface area contributed by atoms with E-state index in [0.717, 1.165) is 56.4 Å². The smallest absolute Gasteiger partial charge is 0.445 e. The molecule has 1 aliphatic carbocycles. The number of hydrogen-bond donors (Lipinski definition) is 1. The maximum atomic E-state index is 13.0. The molecule has 0 spiro atoms. The van der Waals surface area contributed by atoms with Crippen LogP contribution in [0.2, 0.25) is 0 Å². The van der Waals surface area contributed by atoms with E-state index in [9.17, 15) is 18.0 Å². The second-order valence-corrected chi connectivity index (χ2v) is 10.6. The van der Waals surface area contributed by atoms with Crippen molar-refractivity contribution in [1.82, 2.24) is 10.2 Å². The lowest BCUT2D eigenvalue weighted by molar-refractivity contribution is -0.274. The van der Waals surface area contributed by atoms with Crippen molar-refractivity contribution in [2.75, 3.05) is 19.6 Å². The number of para-hydroxylation sites is 1. The number of benzene rings is 2. The van der Waals surface area contributed by atoms with Crippen molar-refractivity contribution in [2.45, 2.75) is 58.0 Å². The third kappa shape index (κ3) is 5.13. The summed E-state index contributed by atoms with van der Waals surface area (Å²) in [4.78, 5) is 15.4. The van der Waals surface area contributed by atoms with E-state index in [0.29, 0.717) is 17.0 Å². The minimum atomic E-state index is -4.78. The van der Waals surface area contributed by atoms with E-state index >= 15 is 0 Å². The van der Waals surface area contributed by atoms with Crippen LogP contribution < -0.4 is 10.1 Å². The largest absolute Gasteiger partial charge is 0.573 e. The van der Waals surface area contributed by atoms with Crippen LogP contribution in [0.5, 0.6) is 5.75 Å². The second kappa shape index (κ2) is 9.04. The Hall–Kier alpha value is -2.74. The Labute approximate surface area is 203 Å². The maximum Gasteiger partial charge on any atom is 0.573 e. The van der Waals surface area contributed by atoms with Gasteiger partial charge in [-0.2, -0.15) is 0 Å². The van der Waals surface area contributed by atoms with Gasteiger partial charge in [-0.05, 0) is 78.9 Å². The summed E-state index contributed by atoms with van der Waals surface area (Å²) in [5.41, 5.74) is 2.70. The molecule has 3 saturated heterocycles. The first-order chi connectivity index (χ1) is 16.6. The van der Waals surface area contributed by atoms with E-state index in [1.165, 1.54) is 12.1 Å². The summed E-state index contributed by atoms with van der Waals surface area (Å²) in [6.07, 6.45) is -1.50. The van der Waals surface area contributed by atoms with Gasteiger partial charge in [-0.3, -0.25) is 4.90 Å². The minimum Gasteiger partial charge on any atom is -0.445 e. The molecule has 1 N–H and O–H groups in total. The van der Waals surface area contributed by atoms with Crippen molar-refractivity contribution in [1.29, 1.82) is 0 Å². The highest BCUT2D eigenvalue weighted by atomic mass is 19.4. The van der Waals surface area contributed by atoms with Gasteiger partial charge >= 0.3 is 12.5 Å². The first kappa shape index (κ1) is 24.0. The Balaban J connectivity index is 1.41. The van der Waals surface area contributed by atoms with Crippen molar-refractivity contribution in [3.8, 4) is 16.9 Å². The number of aryl methyl sites for hydroxylation is 1. The van der Waals surface area contributed by atoms with Crippen LogP contribution in [0, 0.1) is 11.3 Å². The number of carbonyl (C=O) groups excluding carboxylic acids is 1. The van der Waals surface area contributed by atoms with Crippen LogP contribution in [0.3, 0.4) is 0 Å². The van der Waals surface area contributed by atoms with Crippen LogP contribution in [0.4, 0.5) is 18.0 Å². The molecule has 6 rings (SSSR count). The summed E-state index contributed by atoms with van der Waals surface area (Å²) in [6, 6.07) is 11.4. The molecule has 2 atom stereocenters. The summed E-state index contributed by atoms with van der Waals surface area (Å²) in [5, 5.41) is 3.11. The Bertz CT molecular complexity index is 1090. The first-order valence-corrected chi connectivity index (χ1v) is 12.3. The van der Waals surface area contributed by atoms with Crippen LogP contribution in [-0.2, 0) is 11.2 Å². The van der Waals surface area contributed by atoms with Gasteiger partial charge in [-0.1, -0.05) is 44.2 Å². The van der Waals surface area contributed by atoms with Gasteiger partial charge in [0, 0.05) is 12.1 Å². The average molecular weight is 489 g/mol. The Kier molecular flexibility index (Phi) is 6.20. The Morgan fingerprint density at radius 3 is 2.54 bits per heavy atom. The van der Waals surface area contributed by atoms with Gasteiger partial charge in [0.2, 0.25) is 0 Å². The van der Waals surface area contributed by atoms with E-state index in [1.54, 1.807) is 12.1 Å². The van der Waals surface area contributed by atoms with Crippen molar-refractivity contribution >= 4 is 6.09 Å². The molecule has 8 heteroatoms. The van der Waals surface area contributed by atoms with E-state index < -0.39 is 12.5 Å². The fourth-order valence-corrected chi connectivity index (χ4v) is 5.81. The van der Waals surface area contributed by atoms with Crippen molar-refractivity contribution in [3.05, 3.63) is 53.6 Å². The van der Waals surface area contributed by atoms with Gasteiger partial charge in [-0.15, -0.1) is 13.2 Å². The topological polar surface area (TPSA) is 50.8 Å². The number of hydrogen-bond acceptors (Lipinski definition) is 4. The molecule has 0 aromatic heterocycles. The Morgan fingerprint density at radius 2 is 1.86 bits per heavy atom. The molecule has 3 fully saturated rings. The lowest BCUT2D eigenvalue weighted by atomic mass is 9.70. The van der Waals surface area contributed by atoms with E-state index in [1.807, 2.05) is 18.2 Å². The van der Waals surface area contributed by atoms with E-state index in [-0.39, 0.29) is 23.3 Å². The molecule has 0 saturated carbocycles. The number of alkyl halides is 3. The monoisotopic (exact) mass is 488 g/mol. The molecule has 2 bridgehead atoms. The minimum absolute atomic E-state index is 0.0959. The molecule has 1 unspecified atom stereocenters. The predicted octanol–water partition coefficient (Wildman–Crippen LogP) is 6.09. The number of fused-ring (bicyclic) bond motifs is 4. The maximum absolute atomic E-state index is 13.0. The molecule has 3 heterocycles. The molecule has 3 aliphatic heterocycles. The van der Waals surface area contributed by atoms with Crippen molar-refractivity contribution in [2.24, 2.45) is 11.3 Å². The number of amides is 1. The molecule has 35 heavy (non-hydrogen) atoms. The summed E-state index contributed by atoms with van der Waals surface area (Å²) in [5.74, 6) is 0.162. The molecule has 5 nitrogen and oxygen atoms in total. The number of nitrogens with one attached hydrogen (secondary N) is 1. The average Bonchev–Trinajstić information content (AvgIpc) is 2.81. The zero-order valence-corrected chi connectivity index (χ0v) is 20.0. The molecule has 0 radical (unpaired) electrons. The number of alkyl carbamates (subject to hydrolysis) is 1. The van der Waals surface area contributed by atoms with Crippen LogP contribution in [0.1, 0.15) is 50.3 Å². The van der Waals surface area contributed by atoms with Crippen LogP contribution in [-0.4, -0.2) is 43.1 Å². The zero-order valence-electron chi connectivity index (χ0n) is 20.0. The standard InChI is InChI=1S/C27H31F3N2O3/c1-26(2)12-9-17-7-8-19(20-5-3-4-6-22(20)35-27(28,29)30)15-21(17)24(26)31-25(33)34-23-16-32-13-10-18(23)11-14-32/h3-8,15,18,23-24H,9-14,16H2,1-2H3,(H,31,33)/t23-,24?/m1/s1. The lowest BCUT2D eigenvalue weighted by Crippen LogP contribution is -2.53. The molecule has 2 aromatic carbocycles. The highest BCUT2D eigenvalue weighted by Gasteiger charge is 2.40. The highest BCUT2D eigenvalue weighted by molar-refractivity contribution is 5.73. The molecule has 188 valence electrons. The molecule has 2 aromatic rings. The third-order valence-corrected chi connectivity index (χ3v) is 7.82. The first-order valence-electron chi connectivity index (χ1n) is 12.3. The number of carbonyl (C=O) groups is 1. The number of halogens is 3. The van der Waals surface area contributed by atoms with Gasteiger partial charge in [0.15, 0.2) is 0 Å². The van der Waals surface area contributed by atoms with Crippen LogP contribution in [0.15, 0.2) is 42.5 Å². The normalized spacial score (nSPS) is 27.1. The summed E-state index contributed by atoms with van der Waals surface area (Å²) in [6.45, 7) is 7.11. The molecular weight excluding hydrogens is 457 g/mol. The third-order valence-electron chi connectivity index (χ3n) is 7.82. The summed E-state index contributed by atoms with van der Waals surface area (Å²) < 4.78 is 49.1. The molecule has 4 aliphatic rings. The number of ether oxygens (including phenoxy) is 2. The van der Waals surface area contributed by atoms with E-state index in [4.69, 9.17) is 4.74 Å². The van der Waals surface area contributed by atoms with Crippen molar-refractivity contribution < 1.29 is 27.4 Å². The van der Waals surface area contributed by atoms with Gasteiger partial charge in [-0.25, -0.2) is 4.79 Å². The predicted molar refractivity (Wildman–Crippen MR) is 126 cm³/mol. The highest BCUT2D eigenvalue weighted by Crippen LogP contribution is 2.45. The van der Waals surface area contributed by atoms with Gasteiger partial charge in [0.05, 0.1) is 6.04 Å². The zero-order chi connectivity index (χ0) is 24.8. The van der Waals surface area contributed by atoms with Gasteiger partial charge in [0.1, 0.15) is 11.9 Å². The van der Waals surface area contributed by atoms with Gasteiger partial charge < -0.3 is 14.8 Å². The fourth-order valence-electron chi connectivity index (χ4n) is 5.81. The van der Waals surface area contributed by atoms with Gasteiger partial charge in [0.25, 0.3) is 0 Å². The fraction of sp³-hybridized carbons (Fsp3) is 0.519. The Morgan fingerprint density at radius 1 is 1.11 bits per heavy atom. The lowest BCUT2D eigenvalue weighted by Gasteiger charge is -2.44. The van der Waals surface area contributed by atoms with Crippen molar-refractivity contribution in [3.63, 3.8) is 0 Å². The number of nitrogens with zero attached hydrogens (tertiary/aromatic N) is 1. The van der Waals surface area contributed by atoms with Crippen LogP contribution >= 0.6 is 0 Å². The number of piperidine rings is 3. The molecule has 1 amide bonds. The quantitative estimate of drug-likeness (QED) is 0.566. The molecular formula is C27H31F3N2O3. The summed E-state index contributed by atoms with van der Waals surface area (Å²) in [7, 11) is 0. The second-order valence-electron chi connectivity index (χ2n) is 10.6.